The Balaban J connectivity index is 1.59. The Kier molecular flexibility index (Phi) is 4.37. The van der Waals surface area contributed by atoms with Gasteiger partial charge in [-0.25, -0.2) is 0 Å². The Labute approximate surface area is 138 Å². The van der Waals surface area contributed by atoms with Crippen molar-refractivity contribution in [2.45, 2.75) is 20.4 Å². The minimum Gasteiger partial charge on any atom is -0.454 e. The Morgan fingerprint density at radius 3 is 2.75 bits per heavy atom. The van der Waals surface area contributed by atoms with Gasteiger partial charge in [-0.05, 0) is 24.6 Å². The third-order valence-electron chi connectivity index (χ3n) is 3.50. The lowest BCUT2D eigenvalue weighted by molar-refractivity contribution is -0.123. The molecule has 0 radical (unpaired) electrons. The van der Waals surface area contributed by atoms with Gasteiger partial charge in [-0.2, -0.15) is 0 Å². The molecule has 1 aromatic heterocycles. The van der Waals surface area contributed by atoms with Crippen molar-refractivity contribution in [3.63, 3.8) is 0 Å². The van der Waals surface area contributed by atoms with E-state index < -0.39 is 0 Å². The van der Waals surface area contributed by atoms with E-state index >= 15 is 0 Å². The summed E-state index contributed by atoms with van der Waals surface area (Å²) in [5, 5.41) is 6.53. The van der Waals surface area contributed by atoms with Crippen LogP contribution in [0.5, 0.6) is 11.5 Å². The molecule has 0 bridgehead atoms. The zero-order valence-corrected chi connectivity index (χ0v) is 13.4. The number of nitrogens with one attached hydrogen (secondary N) is 1. The van der Waals surface area contributed by atoms with Gasteiger partial charge in [-0.1, -0.05) is 11.2 Å². The maximum atomic E-state index is 12.1. The van der Waals surface area contributed by atoms with Crippen LogP contribution < -0.4 is 19.7 Å². The summed E-state index contributed by atoms with van der Waals surface area (Å²) < 4.78 is 15.5. The SMILES string of the molecule is CC(=O)N(CC(=O)NCc1ccc2c(c1)OCO2)c1cc(C)on1. The van der Waals surface area contributed by atoms with E-state index in [-0.39, 0.29) is 25.2 Å². The Bertz CT molecular complexity index is 771. The molecule has 0 saturated carbocycles. The number of ether oxygens (including phenoxy) is 2. The summed E-state index contributed by atoms with van der Waals surface area (Å²) in [7, 11) is 0. The van der Waals surface area contributed by atoms with E-state index in [0.717, 1.165) is 5.56 Å². The van der Waals surface area contributed by atoms with Crippen LogP contribution in [0.25, 0.3) is 0 Å². The van der Waals surface area contributed by atoms with E-state index in [9.17, 15) is 9.59 Å². The lowest BCUT2D eigenvalue weighted by Gasteiger charge is -2.17. The number of fused-ring (bicyclic) bond motifs is 1. The van der Waals surface area contributed by atoms with Gasteiger partial charge < -0.3 is 19.3 Å². The second-order valence-electron chi connectivity index (χ2n) is 5.37. The van der Waals surface area contributed by atoms with Crippen molar-refractivity contribution in [1.29, 1.82) is 0 Å². The summed E-state index contributed by atoms with van der Waals surface area (Å²) in [6.45, 7) is 3.48. The second-order valence-corrected chi connectivity index (χ2v) is 5.37. The van der Waals surface area contributed by atoms with E-state index in [1.54, 1.807) is 19.1 Å². The van der Waals surface area contributed by atoms with Crippen molar-refractivity contribution in [2.24, 2.45) is 0 Å². The third-order valence-corrected chi connectivity index (χ3v) is 3.50. The first kappa shape index (κ1) is 15.9. The highest BCUT2D eigenvalue weighted by Crippen LogP contribution is 2.32. The highest BCUT2D eigenvalue weighted by Gasteiger charge is 2.19. The van der Waals surface area contributed by atoms with Gasteiger partial charge in [-0.15, -0.1) is 0 Å². The highest BCUT2D eigenvalue weighted by atomic mass is 16.7. The number of aryl methyl sites for hydroxylation is 1. The molecule has 3 rings (SSSR count). The predicted molar refractivity (Wildman–Crippen MR) is 83.7 cm³/mol. The first-order chi connectivity index (χ1) is 11.5. The zero-order valence-electron chi connectivity index (χ0n) is 13.4. The summed E-state index contributed by atoms with van der Waals surface area (Å²) in [5.74, 6) is 1.64. The smallest absolute Gasteiger partial charge is 0.240 e. The highest BCUT2D eigenvalue weighted by molar-refractivity contribution is 5.96. The van der Waals surface area contributed by atoms with Gasteiger partial charge in [0.25, 0.3) is 0 Å². The number of nitrogens with zero attached hydrogens (tertiary/aromatic N) is 2. The van der Waals surface area contributed by atoms with Gasteiger partial charge in [0, 0.05) is 19.5 Å². The van der Waals surface area contributed by atoms with Crippen LogP contribution >= 0.6 is 0 Å². The van der Waals surface area contributed by atoms with E-state index in [1.807, 2.05) is 12.1 Å². The number of amides is 2. The predicted octanol–water partition coefficient (Wildman–Crippen LogP) is 1.38. The third kappa shape index (κ3) is 3.48. The summed E-state index contributed by atoms with van der Waals surface area (Å²) in [4.78, 5) is 25.1. The largest absolute Gasteiger partial charge is 0.454 e. The molecule has 126 valence electrons. The molecule has 8 heteroatoms. The average molecular weight is 331 g/mol. The molecular formula is C16H17N3O5. The molecular weight excluding hydrogens is 314 g/mol. The van der Waals surface area contributed by atoms with E-state index in [4.69, 9.17) is 14.0 Å². The summed E-state index contributed by atoms with van der Waals surface area (Å²) in [6.07, 6.45) is 0. The fraction of sp³-hybridized carbons (Fsp3) is 0.312. The molecule has 0 saturated heterocycles. The van der Waals surface area contributed by atoms with Gasteiger partial charge in [0.15, 0.2) is 17.3 Å². The number of carbonyl (C=O) groups is 2. The molecule has 1 aromatic carbocycles. The molecule has 24 heavy (non-hydrogen) atoms. The number of hydrogen-bond donors (Lipinski definition) is 1. The molecule has 1 aliphatic rings. The average Bonchev–Trinajstić information content (AvgIpc) is 3.18. The fourth-order valence-corrected chi connectivity index (χ4v) is 2.29. The van der Waals surface area contributed by atoms with Gasteiger partial charge in [0.1, 0.15) is 12.3 Å². The van der Waals surface area contributed by atoms with Crippen molar-refractivity contribution < 1.29 is 23.6 Å². The summed E-state index contributed by atoms with van der Waals surface area (Å²) in [5.41, 5.74) is 0.874. The van der Waals surface area contributed by atoms with Gasteiger partial charge in [0.05, 0.1) is 0 Å². The van der Waals surface area contributed by atoms with Crippen LogP contribution in [-0.2, 0) is 16.1 Å². The van der Waals surface area contributed by atoms with Gasteiger partial charge in [-0.3, -0.25) is 14.5 Å². The van der Waals surface area contributed by atoms with Crippen LogP contribution in [0, 0.1) is 6.92 Å². The molecule has 8 nitrogen and oxygen atoms in total. The van der Waals surface area contributed by atoms with Crippen molar-refractivity contribution >= 4 is 17.6 Å². The normalized spacial score (nSPS) is 12.1. The number of carbonyl (C=O) groups excluding carboxylic acids is 2. The molecule has 1 N–H and O–H groups in total. The van der Waals surface area contributed by atoms with Crippen molar-refractivity contribution in [3.8, 4) is 11.5 Å². The van der Waals surface area contributed by atoms with Gasteiger partial charge >= 0.3 is 0 Å². The van der Waals surface area contributed by atoms with Crippen molar-refractivity contribution in [2.75, 3.05) is 18.2 Å². The van der Waals surface area contributed by atoms with Crippen LogP contribution in [0.3, 0.4) is 0 Å². The summed E-state index contributed by atoms with van der Waals surface area (Å²) >= 11 is 0. The number of hydrogen-bond acceptors (Lipinski definition) is 6. The van der Waals surface area contributed by atoms with E-state index in [1.165, 1.54) is 11.8 Å². The number of rotatable bonds is 5. The van der Waals surface area contributed by atoms with Gasteiger partial charge in [0.2, 0.25) is 18.6 Å². The molecule has 2 aromatic rings. The first-order valence-electron chi connectivity index (χ1n) is 7.39. The van der Waals surface area contributed by atoms with Crippen molar-refractivity contribution in [3.05, 3.63) is 35.6 Å². The minimum absolute atomic E-state index is 0.133. The Hall–Kier alpha value is -3.03. The molecule has 2 heterocycles. The quantitative estimate of drug-likeness (QED) is 0.889. The molecule has 0 atom stereocenters. The molecule has 2 amide bonds. The van der Waals surface area contributed by atoms with Crippen LogP contribution in [-0.4, -0.2) is 30.3 Å². The lowest BCUT2D eigenvalue weighted by Crippen LogP contribution is -2.39. The minimum atomic E-state index is -0.302. The monoisotopic (exact) mass is 331 g/mol. The van der Waals surface area contributed by atoms with Crippen LogP contribution in [0.1, 0.15) is 18.2 Å². The molecule has 0 spiro atoms. The van der Waals surface area contributed by atoms with Crippen LogP contribution in [0.4, 0.5) is 5.82 Å². The maximum Gasteiger partial charge on any atom is 0.240 e. The van der Waals surface area contributed by atoms with Crippen LogP contribution in [0.2, 0.25) is 0 Å². The topological polar surface area (TPSA) is 93.9 Å². The Morgan fingerprint density at radius 2 is 2.04 bits per heavy atom. The standard InChI is InChI=1S/C16H17N3O5/c1-10-5-15(18-24-10)19(11(2)20)8-16(21)17-7-12-3-4-13-14(6-12)23-9-22-13/h3-6H,7-9H2,1-2H3,(H,17,21). The fourth-order valence-electron chi connectivity index (χ4n) is 2.29. The zero-order chi connectivity index (χ0) is 17.1. The van der Waals surface area contributed by atoms with Crippen molar-refractivity contribution in [1.82, 2.24) is 10.5 Å². The molecule has 1 aliphatic heterocycles. The number of anilines is 1. The van der Waals surface area contributed by atoms with Crippen LogP contribution in [0.15, 0.2) is 28.8 Å². The molecule has 0 fully saturated rings. The first-order valence-corrected chi connectivity index (χ1v) is 7.39. The maximum absolute atomic E-state index is 12.1. The lowest BCUT2D eigenvalue weighted by atomic mass is 10.2. The van der Waals surface area contributed by atoms with E-state index in [2.05, 4.69) is 10.5 Å². The second kappa shape index (κ2) is 6.61. The molecule has 0 aliphatic carbocycles. The van der Waals surface area contributed by atoms with E-state index in [0.29, 0.717) is 29.6 Å². The molecule has 0 unspecified atom stereocenters. The number of benzene rings is 1. The summed E-state index contributed by atoms with van der Waals surface area (Å²) in [6, 6.07) is 7.06. The Morgan fingerprint density at radius 1 is 1.25 bits per heavy atom. The number of aromatic nitrogens is 1.